The first-order chi connectivity index (χ1) is 9.56. The fourth-order valence-electron chi connectivity index (χ4n) is 2.12. The van der Waals surface area contributed by atoms with Gasteiger partial charge in [0.1, 0.15) is 11.6 Å². The van der Waals surface area contributed by atoms with Crippen molar-refractivity contribution in [3.05, 3.63) is 29.6 Å². The zero-order valence-electron chi connectivity index (χ0n) is 10.7. The van der Waals surface area contributed by atoms with Gasteiger partial charge in [0, 0.05) is 18.7 Å². The number of benzene rings is 1. The summed E-state index contributed by atoms with van der Waals surface area (Å²) in [6.07, 6.45) is 1.74. The predicted molar refractivity (Wildman–Crippen MR) is 66.4 cm³/mol. The number of hydrogen-bond donors (Lipinski definition) is 2. The minimum absolute atomic E-state index is 0.0688. The average molecular weight is 288 g/mol. The van der Waals surface area contributed by atoms with Crippen molar-refractivity contribution < 1.29 is 22.7 Å². The van der Waals surface area contributed by atoms with Gasteiger partial charge in [-0.1, -0.05) is 0 Å². The molecule has 110 valence electrons. The van der Waals surface area contributed by atoms with Crippen molar-refractivity contribution >= 4 is 5.91 Å². The van der Waals surface area contributed by atoms with Crippen LogP contribution in [0.25, 0.3) is 0 Å². The van der Waals surface area contributed by atoms with Crippen LogP contribution < -0.4 is 15.4 Å². The van der Waals surface area contributed by atoms with E-state index in [0.717, 1.165) is 37.6 Å². The molecule has 0 spiro atoms. The highest BCUT2D eigenvalue weighted by atomic mass is 19.3. The molecule has 1 unspecified atom stereocenters. The molecule has 20 heavy (non-hydrogen) atoms. The summed E-state index contributed by atoms with van der Waals surface area (Å²) >= 11 is 0. The Balaban J connectivity index is 2.11. The number of amides is 1. The van der Waals surface area contributed by atoms with E-state index in [1.54, 1.807) is 0 Å². The molecule has 1 fully saturated rings. The number of carbonyl (C=O) groups is 1. The first-order valence-electron chi connectivity index (χ1n) is 6.32. The van der Waals surface area contributed by atoms with Crippen molar-refractivity contribution in [2.45, 2.75) is 25.5 Å². The Bertz CT molecular complexity index is 477. The van der Waals surface area contributed by atoms with Gasteiger partial charge in [0.05, 0.1) is 5.56 Å². The lowest BCUT2D eigenvalue weighted by Gasteiger charge is -2.24. The van der Waals surface area contributed by atoms with Gasteiger partial charge in [0.15, 0.2) is 0 Å². The molecule has 1 aromatic carbocycles. The molecule has 1 heterocycles. The number of nitrogens with one attached hydrogen (secondary N) is 2. The highest BCUT2D eigenvalue weighted by Gasteiger charge is 2.20. The summed E-state index contributed by atoms with van der Waals surface area (Å²) in [7, 11) is 0. The summed E-state index contributed by atoms with van der Waals surface area (Å²) in [5.74, 6) is -1.74. The minimum Gasteiger partial charge on any atom is -0.434 e. The molecule has 1 aliphatic rings. The lowest BCUT2D eigenvalue weighted by molar-refractivity contribution is -0.0503. The van der Waals surface area contributed by atoms with E-state index in [0.29, 0.717) is 6.54 Å². The Kier molecular flexibility index (Phi) is 4.84. The molecule has 1 aromatic rings. The molecule has 2 rings (SSSR count). The number of hydrogen-bond acceptors (Lipinski definition) is 3. The van der Waals surface area contributed by atoms with Crippen LogP contribution in [0.15, 0.2) is 18.2 Å². The third-order valence-electron chi connectivity index (χ3n) is 3.04. The molecule has 0 saturated carbocycles. The Morgan fingerprint density at radius 3 is 2.90 bits per heavy atom. The predicted octanol–water partition coefficient (Wildman–Crippen LogP) is 1.91. The van der Waals surface area contributed by atoms with E-state index in [1.807, 2.05) is 0 Å². The van der Waals surface area contributed by atoms with Gasteiger partial charge in [0.2, 0.25) is 0 Å². The third kappa shape index (κ3) is 3.86. The van der Waals surface area contributed by atoms with Gasteiger partial charge in [-0.15, -0.1) is 0 Å². The summed E-state index contributed by atoms with van der Waals surface area (Å²) in [4.78, 5) is 12.0. The van der Waals surface area contributed by atoms with E-state index in [9.17, 15) is 18.0 Å². The van der Waals surface area contributed by atoms with Crippen LogP contribution in [0.5, 0.6) is 5.75 Å². The second kappa shape index (κ2) is 6.60. The van der Waals surface area contributed by atoms with Crippen LogP contribution >= 0.6 is 0 Å². The van der Waals surface area contributed by atoms with E-state index in [-0.39, 0.29) is 11.6 Å². The van der Waals surface area contributed by atoms with Crippen molar-refractivity contribution in [2.75, 3.05) is 13.1 Å². The fourth-order valence-corrected chi connectivity index (χ4v) is 2.12. The molecule has 7 heteroatoms. The Hall–Kier alpha value is -1.76. The molecule has 4 nitrogen and oxygen atoms in total. The second-order valence-electron chi connectivity index (χ2n) is 4.54. The van der Waals surface area contributed by atoms with Gasteiger partial charge >= 0.3 is 6.61 Å². The number of piperidine rings is 1. The van der Waals surface area contributed by atoms with Gasteiger partial charge in [-0.25, -0.2) is 4.39 Å². The molecule has 0 aliphatic carbocycles. The summed E-state index contributed by atoms with van der Waals surface area (Å²) < 4.78 is 41.8. The van der Waals surface area contributed by atoms with Crippen LogP contribution in [-0.2, 0) is 0 Å². The maximum absolute atomic E-state index is 13.1. The molecule has 1 atom stereocenters. The highest BCUT2D eigenvalue weighted by molar-refractivity contribution is 5.97. The quantitative estimate of drug-likeness (QED) is 0.890. The molecule has 1 amide bonds. The molecular formula is C13H15F3N2O2. The van der Waals surface area contributed by atoms with E-state index in [2.05, 4.69) is 15.4 Å². The maximum atomic E-state index is 13.1. The van der Waals surface area contributed by atoms with Gasteiger partial charge in [-0.2, -0.15) is 8.78 Å². The maximum Gasteiger partial charge on any atom is 0.387 e. The normalized spacial score (nSPS) is 18.9. The fraction of sp³-hybridized carbons (Fsp3) is 0.462. The number of ether oxygens (including phenoxy) is 1. The SMILES string of the molecule is O=C(NC1CCCNC1)c1ccc(F)cc1OC(F)F. The van der Waals surface area contributed by atoms with Crippen molar-refractivity contribution in [3.63, 3.8) is 0 Å². The van der Waals surface area contributed by atoms with Gasteiger partial charge < -0.3 is 15.4 Å². The molecular weight excluding hydrogens is 273 g/mol. The molecule has 0 bridgehead atoms. The number of rotatable bonds is 4. The summed E-state index contributed by atoms with van der Waals surface area (Å²) in [5, 5.41) is 5.84. The first kappa shape index (κ1) is 14.6. The van der Waals surface area contributed by atoms with Crippen LogP contribution in [-0.4, -0.2) is 31.7 Å². The van der Waals surface area contributed by atoms with Crippen LogP contribution in [0.3, 0.4) is 0 Å². The van der Waals surface area contributed by atoms with E-state index >= 15 is 0 Å². The van der Waals surface area contributed by atoms with Gasteiger partial charge in [-0.05, 0) is 31.5 Å². The smallest absolute Gasteiger partial charge is 0.387 e. The van der Waals surface area contributed by atoms with Crippen molar-refractivity contribution in [1.82, 2.24) is 10.6 Å². The van der Waals surface area contributed by atoms with Crippen molar-refractivity contribution in [2.24, 2.45) is 0 Å². The Labute approximate surface area is 114 Å². The lowest BCUT2D eigenvalue weighted by atomic mass is 10.1. The molecule has 1 saturated heterocycles. The molecule has 0 radical (unpaired) electrons. The largest absolute Gasteiger partial charge is 0.434 e. The zero-order chi connectivity index (χ0) is 14.5. The third-order valence-corrected chi connectivity index (χ3v) is 3.04. The second-order valence-corrected chi connectivity index (χ2v) is 4.54. The van der Waals surface area contributed by atoms with E-state index < -0.39 is 24.1 Å². The topological polar surface area (TPSA) is 50.4 Å². The van der Waals surface area contributed by atoms with Crippen LogP contribution in [0.1, 0.15) is 23.2 Å². The van der Waals surface area contributed by atoms with Gasteiger partial charge in [0.25, 0.3) is 5.91 Å². The minimum atomic E-state index is -3.11. The standard InChI is InChI=1S/C13H15F3N2O2/c14-8-3-4-10(11(6-8)20-13(15)16)12(19)18-9-2-1-5-17-7-9/h3-4,6,9,13,17H,1-2,5,7H2,(H,18,19). The lowest BCUT2D eigenvalue weighted by Crippen LogP contribution is -2.45. The summed E-state index contributed by atoms with van der Waals surface area (Å²) in [6.45, 7) is -1.60. The molecule has 1 aliphatic heterocycles. The summed E-state index contributed by atoms with van der Waals surface area (Å²) in [5.41, 5.74) is -0.0997. The van der Waals surface area contributed by atoms with Crippen LogP contribution in [0.2, 0.25) is 0 Å². The first-order valence-corrected chi connectivity index (χ1v) is 6.32. The zero-order valence-corrected chi connectivity index (χ0v) is 10.7. The van der Waals surface area contributed by atoms with Gasteiger partial charge in [-0.3, -0.25) is 4.79 Å². The monoisotopic (exact) mass is 288 g/mol. The molecule has 2 N–H and O–H groups in total. The molecule has 0 aromatic heterocycles. The highest BCUT2D eigenvalue weighted by Crippen LogP contribution is 2.22. The van der Waals surface area contributed by atoms with E-state index in [1.165, 1.54) is 0 Å². The van der Waals surface area contributed by atoms with Crippen molar-refractivity contribution in [1.29, 1.82) is 0 Å². The average Bonchev–Trinajstić information content (AvgIpc) is 2.39. The van der Waals surface area contributed by atoms with E-state index in [4.69, 9.17) is 0 Å². The Morgan fingerprint density at radius 1 is 1.45 bits per heavy atom. The number of halogens is 3. The number of alkyl halides is 2. The van der Waals surface area contributed by atoms with Crippen LogP contribution in [0.4, 0.5) is 13.2 Å². The van der Waals surface area contributed by atoms with Crippen molar-refractivity contribution in [3.8, 4) is 5.75 Å². The summed E-state index contributed by atoms with van der Waals surface area (Å²) in [6, 6.07) is 2.88. The number of carbonyl (C=O) groups excluding carboxylic acids is 1. The Morgan fingerprint density at radius 2 is 2.25 bits per heavy atom. The van der Waals surface area contributed by atoms with Crippen LogP contribution in [0, 0.1) is 5.82 Å².